The molecule has 0 saturated heterocycles. The summed E-state index contributed by atoms with van der Waals surface area (Å²) in [5.74, 6) is 0.498. The fourth-order valence-corrected chi connectivity index (χ4v) is 2.37. The first-order valence-corrected chi connectivity index (χ1v) is 7.13. The van der Waals surface area contributed by atoms with Gasteiger partial charge in [-0.25, -0.2) is 9.67 Å². The SMILES string of the molecule is CCC(CC)c1nn(-c2ccc(C(F)(F)F)cn2)cc1CO. The van der Waals surface area contributed by atoms with Crippen LogP contribution in [0.1, 0.15) is 49.4 Å². The standard InChI is InChI=1S/C15H18F3N3O/c1-3-10(4-2)14-11(9-22)8-21(20-14)13-6-5-12(7-19-13)15(16,17)18/h5-8,10,22H,3-4,9H2,1-2H3. The molecule has 0 aliphatic heterocycles. The first-order valence-electron chi connectivity index (χ1n) is 7.13. The Morgan fingerprint density at radius 2 is 1.91 bits per heavy atom. The van der Waals surface area contributed by atoms with Gasteiger partial charge in [0.2, 0.25) is 0 Å². The van der Waals surface area contributed by atoms with Gasteiger partial charge in [-0.3, -0.25) is 0 Å². The van der Waals surface area contributed by atoms with Crippen molar-refractivity contribution >= 4 is 0 Å². The zero-order valence-electron chi connectivity index (χ0n) is 12.4. The third-order valence-corrected chi connectivity index (χ3v) is 3.68. The molecule has 2 rings (SSSR count). The second-order valence-corrected chi connectivity index (χ2v) is 5.06. The number of aliphatic hydroxyl groups excluding tert-OH is 1. The number of hydrogen-bond donors (Lipinski definition) is 1. The van der Waals surface area contributed by atoms with Crippen molar-refractivity contribution in [2.45, 2.75) is 45.4 Å². The molecule has 0 bridgehead atoms. The van der Waals surface area contributed by atoms with Gasteiger partial charge < -0.3 is 5.11 Å². The maximum Gasteiger partial charge on any atom is 0.417 e. The van der Waals surface area contributed by atoms with Crippen LogP contribution in [0.2, 0.25) is 0 Å². The number of nitrogens with zero attached hydrogens (tertiary/aromatic N) is 3. The summed E-state index contributed by atoms with van der Waals surface area (Å²) in [5, 5.41) is 13.8. The molecule has 0 spiro atoms. The molecule has 0 atom stereocenters. The van der Waals surface area contributed by atoms with Gasteiger partial charge >= 0.3 is 6.18 Å². The molecule has 22 heavy (non-hydrogen) atoms. The average Bonchev–Trinajstić information content (AvgIpc) is 2.92. The second kappa shape index (κ2) is 6.48. The minimum atomic E-state index is -4.41. The predicted octanol–water partition coefficient (Wildman–Crippen LogP) is 3.68. The topological polar surface area (TPSA) is 50.9 Å². The van der Waals surface area contributed by atoms with Crippen LogP contribution in [0.25, 0.3) is 5.82 Å². The molecule has 1 N–H and O–H groups in total. The Bertz CT molecular complexity index is 616. The van der Waals surface area contributed by atoms with Crippen LogP contribution >= 0.6 is 0 Å². The molecule has 2 heterocycles. The zero-order valence-corrected chi connectivity index (χ0v) is 12.4. The number of pyridine rings is 1. The van der Waals surface area contributed by atoms with Gasteiger partial charge in [-0.2, -0.15) is 18.3 Å². The smallest absolute Gasteiger partial charge is 0.392 e. The van der Waals surface area contributed by atoms with Gasteiger partial charge in [0.15, 0.2) is 5.82 Å². The molecule has 0 unspecified atom stereocenters. The van der Waals surface area contributed by atoms with Crippen molar-refractivity contribution in [2.24, 2.45) is 0 Å². The average molecular weight is 313 g/mol. The van der Waals surface area contributed by atoms with E-state index >= 15 is 0 Å². The molecule has 4 nitrogen and oxygen atoms in total. The van der Waals surface area contributed by atoms with E-state index in [2.05, 4.69) is 10.1 Å². The fraction of sp³-hybridized carbons (Fsp3) is 0.467. The molecule has 120 valence electrons. The van der Waals surface area contributed by atoms with Gasteiger partial charge in [0, 0.05) is 23.9 Å². The van der Waals surface area contributed by atoms with Crippen molar-refractivity contribution in [3.8, 4) is 5.82 Å². The lowest BCUT2D eigenvalue weighted by molar-refractivity contribution is -0.137. The van der Waals surface area contributed by atoms with Crippen LogP contribution in [0.5, 0.6) is 0 Å². The first-order chi connectivity index (χ1) is 10.4. The fourth-order valence-electron chi connectivity index (χ4n) is 2.37. The van der Waals surface area contributed by atoms with E-state index in [0.717, 1.165) is 30.8 Å². The summed E-state index contributed by atoms with van der Waals surface area (Å²) in [7, 11) is 0. The molecule has 0 saturated carbocycles. The quantitative estimate of drug-likeness (QED) is 0.916. The molecule has 0 aliphatic rings. The van der Waals surface area contributed by atoms with Crippen LogP contribution in [0.3, 0.4) is 0 Å². The van der Waals surface area contributed by atoms with E-state index < -0.39 is 11.7 Å². The van der Waals surface area contributed by atoms with Gasteiger partial charge in [-0.05, 0) is 25.0 Å². The normalized spacial score (nSPS) is 12.1. The Kier molecular flexibility index (Phi) is 4.85. The summed E-state index contributed by atoms with van der Waals surface area (Å²) in [4.78, 5) is 3.81. The highest BCUT2D eigenvalue weighted by molar-refractivity contribution is 5.30. The molecule has 2 aromatic heterocycles. The summed E-state index contributed by atoms with van der Waals surface area (Å²) in [6.07, 6.45) is -0.260. The number of hydrogen-bond acceptors (Lipinski definition) is 3. The summed E-state index contributed by atoms with van der Waals surface area (Å²) < 4.78 is 39.1. The van der Waals surface area contributed by atoms with Crippen LogP contribution in [0.15, 0.2) is 24.5 Å². The lowest BCUT2D eigenvalue weighted by atomic mass is 9.97. The molecular formula is C15H18F3N3O. The number of aliphatic hydroxyl groups is 1. The molecule has 0 aromatic carbocycles. The van der Waals surface area contributed by atoms with E-state index in [-0.39, 0.29) is 12.5 Å². The highest BCUT2D eigenvalue weighted by Gasteiger charge is 2.30. The Balaban J connectivity index is 2.37. The molecule has 0 fully saturated rings. The summed E-state index contributed by atoms with van der Waals surface area (Å²) in [6, 6.07) is 2.24. The van der Waals surface area contributed by atoms with E-state index in [0.29, 0.717) is 11.4 Å². The Hall–Kier alpha value is -1.89. The Morgan fingerprint density at radius 1 is 1.23 bits per heavy atom. The minimum Gasteiger partial charge on any atom is -0.392 e. The maximum atomic E-state index is 12.5. The van der Waals surface area contributed by atoms with E-state index in [1.807, 2.05) is 13.8 Å². The molecule has 0 aliphatic carbocycles. The van der Waals surface area contributed by atoms with Crippen LogP contribution in [-0.2, 0) is 12.8 Å². The second-order valence-electron chi connectivity index (χ2n) is 5.06. The van der Waals surface area contributed by atoms with E-state index in [1.165, 1.54) is 10.7 Å². The lowest BCUT2D eigenvalue weighted by Crippen LogP contribution is -2.07. The zero-order chi connectivity index (χ0) is 16.3. The monoisotopic (exact) mass is 313 g/mol. The number of rotatable bonds is 5. The van der Waals surface area contributed by atoms with E-state index in [1.54, 1.807) is 6.20 Å². The largest absolute Gasteiger partial charge is 0.417 e. The van der Waals surface area contributed by atoms with Gasteiger partial charge in [0.05, 0.1) is 17.9 Å². The van der Waals surface area contributed by atoms with Crippen molar-refractivity contribution in [2.75, 3.05) is 0 Å². The highest BCUT2D eigenvalue weighted by atomic mass is 19.4. The molecule has 2 aromatic rings. The van der Waals surface area contributed by atoms with Crippen LogP contribution in [-0.4, -0.2) is 19.9 Å². The Morgan fingerprint density at radius 3 is 2.36 bits per heavy atom. The number of halogens is 3. The Labute approximate surface area is 126 Å². The van der Waals surface area contributed by atoms with E-state index in [4.69, 9.17) is 0 Å². The van der Waals surface area contributed by atoms with Crippen molar-refractivity contribution in [3.05, 3.63) is 41.3 Å². The van der Waals surface area contributed by atoms with Crippen molar-refractivity contribution in [3.63, 3.8) is 0 Å². The van der Waals surface area contributed by atoms with Gasteiger partial charge in [0.1, 0.15) is 0 Å². The minimum absolute atomic E-state index is 0.160. The predicted molar refractivity (Wildman–Crippen MR) is 75.6 cm³/mol. The lowest BCUT2D eigenvalue weighted by Gasteiger charge is -2.10. The first kappa shape index (κ1) is 16.5. The maximum absolute atomic E-state index is 12.5. The summed E-state index contributed by atoms with van der Waals surface area (Å²) in [5.41, 5.74) is 0.649. The highest BCUT2D eigenvalue weighted by Crippen LogP contribution is 2.29. The van der Waals surface area contributed by atoms with Crippen molar-refractivity contribution in [1.29, 1.82) is 0 Å². The summed E-state index contributed by atoms with van der Waals surface area (Å²) in [6.45, 7) is 3.90. The molecule has 7 heteroatoms. The van der Waals surface area contributed by atoms with Crippen LogP contribution < -0.4 is 0 Å². The number of alkyl halides is 3. The van der Waals surface area contributed by atoms with Crippen LogP contribution in [0.4, 0.5) is 13.2 Å². The number of aromatic nitrogens is 3. The van der Waals surface area contributed by atoms with Gasteiger partial charge in [-0.15, -0.1) is 0 Å². The van der Waals surface area contributed by atoms with E-state index in [9.17, 15) is 18.3 Å². The third kappa shape index (κ3) is 3.30. The van der Waals surface area contributed by atoms with Crippen LogP contribution in [0, 0.1) is 0 Å². The van der Waals surface area contributed by atoms with Crippen molar-refractivity contribution in [1.82, 2.24) is 14.8 Å². The molecular weight excluding hydrogens is 295 g/mol. The van der Waals surface area contributed by atoms with Crippen molar-refractivity contribution < 1.29 is 18.3 Å². The molecule has 0 radical (unpaired) electrons. The third-order valence-electron chi connectivity index (χ3n) is 3.68. The van der Waals surface area contributed by atoms with Gasteiger partial charge in [0.25, 0.3) is 0 Å². The summed E-state index contributed by atoms with van der Waals surface area (Å²) >= 11 is 0. The molecule has 0 amide bonds. The van der Waals surface area contributed by atoms with Gasteiger partial charge in [-0.1, -0.05) is 13.8 Å².